The van der Waals surface area contributed by atoms with E-state index in [1.54, 1.807) is 27.7 Å². The van der Waals surface area contributed by atoms with Gasteiger partial charge in [-0.25, -0.2) is 0 Å². The lowest BCUT2D eigenvalue weighted by molar-refractivity contribution is -0.198. The van der Waals surface area contributed by atoms with Gasteiger partial charge in [0.05, 0.1) is 29.8 Å². The molecule has 0 aromatic heterocycles. The number of aliphatic hydroxyl groups is 3. The molecule has 0 unspecified atom stereocenters. The topological polar surface area (TPSA) is 123 Å². The van der Waals surface area contributed by atoms with Crippen molar-refractivity contribution in [3.05, 3.63) is 0 Å². The van der Waals surface area contributed by atoms with Crippen LogP contribution in [0, 0.1) is 23.7 Å². The van der Waals surface area contributed by atoms with Crippen LogP contribution >= 0.6 is 0 Å². The summed E-state index contributed by atoms with van der Waals surface area (Å²) in [6.07, 6.45) is -3.51. The van der Waals surface area contributed by atoms with E-state index in [0.29, 0.717) is 0 Å². The zero-order valence-corrected chi connectivity index (χ0v) is 20.4. The van der Waals surface area contributed by atoms with E-state index in [2.05, 4.69) is 0 Å². The molecule has 8 nitrogen and oxygen atoms in total. The Bertz CT molecular complexity index is 617. The first-order valence-corrected chi connectivity index (χ1v) is 11.1. The fourth-order valence-corrected chi connectivity index (χ4v) is 5.22. The molecule has 10 atom stereocenters. The van der Waals surface area contributed by atoms with Crippen LogP contribution in [0.15, 0.2) is 0 Å². The standard InChI is InChI=1S/C23H42O8/c1-10-16-23(7,28)19(25)13(3)17(24)12(2)11-22(6,27)20(30-9)14(4)18(29-8)15(5)21(26)31-16/h12-16,18-20,25,27-28H,10-11H2,1-9H3/t12-,13+,14+,15-,16-,18+,19-,20-,22-,23-/m1/s1. The number of ketones is 1. The molecule has 0 radical (unpaired) electrons. The van der Waals surface area contributed by atoms with Crippen LogP contribution in [0.25, 0.3) is 0 Å². The fraction of sp³-hybridized carbons (Fsp3) is 0.913. The Labute approximate surface area is 186 Å². The Kier molecular flexibility index (Phi) is 9.66. The molecule has 8 heteroatoms. The summed E-state index contributed by atoms with van der Waals surface area (Å²) >= 11 is 0. The number of rotatable bonds is 3. The molecule has 0 bridgehead atoms. The van der Waals surface area contributed by atoms with Crippen molar-refractivity contribution in [1.29, 1.82) is 0 Å². The zero-order chi connectivity index (χ0) is 24.3. The molecular formula is C23H42O8. The molecule has 1 heterocycles. The molecule has 1 rings (SSSR count). The third kappa shape index (κ3) is 5.85. The summed E-state index contributed by atoms with van der Waals surface area (Å²) < 4.78 is 16.8. The second-order valence-corrected chi connectivity index (χ2v) is 9.66. The predicted molar refractivity (Wildman–Crippen MR) is 115 cm³/mol. The minimum atomic E-state index is -1.84. The normalized spacial score (nSPS) is 46.3. The molecule has 0 aromatic rings. The van der Waals surface area contributed by atoms with E-state index in [1.165, 1.54) is 28.1 Å². The molecule has 3 N–H and O–H groups in total. The van der Waals surface area contributed by atoms with E-state index in [9.17, 15) is 24.9 Å². The largest absolute Gasteiger partial charge is 0.459 e. The van der Waals surface area contributed by atoms with Crippen molar-refractivity contribution in [2.75, 3.05) is 14.2 Å². The van der Waals surface area contributed by atoms with Gasteiger partial charge in [0.15, 0.2) is 0 Å². The van der Waals surface area contributed by atoms with Gasteiger partial charge in [-0.15, -0.1) is 0 Å². The van der Waals surface area contributed by atoms with Crippen molar-refractivity contribution in [2.45, 2.75) is 96.9 Å². The van der Waals surface area contributed by atoms with Gasteiger partial charge >= 0.3 is 5.97 Å². The fourth-order valence-electron chi connectivity index (χ4n) is 5.22. The van der Waals surface area contributed by atoms with E-state index < -0.39 is 65.3 Å². The summed E-state index contributed by atoms with van der Waals surface area (Å²) in [5.41, 5.74) is -3.25. The molecule has 31 heavy (non-hydrogen) atoms. The Hall–Kier alpha value is -1.06. The van der Waals surface area contributed by atoms with Crippen molar-refractivity contribution in [3.8, 4) is 0 Å². The first-order chi connectivity index (χ1) is 14.2. The van der Waals surface area contributed by atoms with Gasteiger partial charge in [0.25, 0.3) is 0 Å². The van der Waals surface area contributed by atoms with Crippen molar-refractivity contribution >= 4 is 11.8 Å². The van der Waals surface area contributed by atoms with Crippen LogP contribution in [-0.2, 0) is 23.8 Å². The quantitative estimate of drug-likeness (QED) is 0.560. The van der Waals surface area contributed by atoms with E-state index in [0.717, 1.165) is 0 Å². The van der Waals surface area contributed by atoms with Crippen LogP contribution in [0.5, 0.6) is 0 Å². The lowest BCUT2D eigenvalue weighted by Crippen LogP contribution is -2.57. The second-order valence-electron chi connectivity index (χ2n) is 9.66. The molecule has 0 spiro atoms. The number of hydrogen-bond acceptors (Lipinski definition) is 8. The summed E-state index contributed by atoms with van der Waals surface area (Å²) in [7, 11) is 2.94. The number of carbonyl (C=O) groups is 2. The monoisotopic (exact) mass is 446 g/mol. The maximum absolute atomic E-state index is 13.1. The smallest absolute Gasteiger partial charge is 0.311 e. The van der Waals surface area contributed by atoms with Crippen LogP contribution in [0.2, 0.25) is 0 Å². The van der Waals surface area contributed by atoms with Crippen LogP contribution in [0.3, 0.4) is 0 Å². The van der Waals surface area contributed by atoms with Gasteiger partial charge in [-0.1, -0.05) is 27.7 Å². The molecule has 1 aliphatic heterocycles. The number of Topliss-reactive ketones (excluding diaryl/α,β-unsaturated/α-hetero) is 1. The minimum absolute atomic E-state index is 0.0837. The van der Waals surface area contributed by atoms with E-state index >= 15 is 0 Å². The van der Waals surface area contributed by atoms with E-state index in [1.807, 2.05) is 6.92 Å². The molecule has 0 aromatic carbocycles. The molecule has 1 aliphatic rings. The summed E-state index contributed by atoms with van der Waals surface area (Å²) in [4.78, 5) is 26.0. The number of methoxy groups -OCH3 is 2. The van der Waals surface area contributed by atoms with Gasteiger partial charge in [-0.3, -0.25) is 9.59 Å². The molecular weight excluding hydrogens is 404 g/mol. The average Bonchev–Trinajstić information content (AvgIpc) is 2.69. The number of hydrogen-bond donors (Lipinski definition) is 3. The summed E-state index contributed by atoms with van der Waals surface area (Å²) in [5, 5.41) is 33.2. The Morgan fingerprint density at radius 1 is 1.03 bits per heavy atom. The first kappa shape index (κ1) is 28.0. The van der Waals surface area contributed by atoms with Crippen molar-refractivity contribution in [1.82, 2.24) is 0 Å². The SMILES string of the molecule is CC[C@H]1OC(=O)[C@H](C)[C@@H](OC)[C@H](C)[C@@H](OC)[C@](C)(O)C[C@@H](C)C(=O)[C@H](C)[C@@H](O)[C@]1(C)O. The van der Waals surface area contributed by atoms with Gasteiger partial charge < -0.3 is 29.5 Å². The molecule has 1 fully saturated rings. The highest BCUT2D eigenvalue weighted by Gasteiger charge is 2.49. The third-order valence-electron chi connectivity index (χ3n) is 7.01. The molecule has 182 valence electrons. The number of esters is 1. The Morgan fingerprint density at radius 2 is 1.58 bits per heavy atom. The number of carbonyl (C=O) groups excluding carboxylic acids is 2. The highest BCUT2D eigenvalue weighted by Crippen LogP contribution is 2.35. The zero-order valence-electron chi connectivity index (χ0n) is 20.4. The molecule has 0 saturated carbocycles. The van der Waals surface area contributed by atoms with Gasteiger partial charge in [0, 0.05) is 32.0 Å². The minimum Gasteiger partial charge on any atom is -0.459 e. The van der Waals surface area contributed by atoms with Gasteiger partial charge in [0.2, 0.25) is 0 Å². The lowest BCUT2D eigenvalue weighted by atomic mass is 9.74. The van der Waals surface area contributed by atoms with E-state index in [4.69, 9.17) is 14.2 Å². The summed E-state index contributed by atoms with van der Waals surface area (Å²) in [6.45, 7) is 11.4. The predicted octanol–water partition coefficient (Wildman–Crippen LogP) is 1.72. The number of ether oxygens (including phenoxy) is 3. The summed E-state index contributed by atoms with van der Waals surface area (Å²) in [5.74, 6) is -3.58. The third-order valence-corrected chi connectivity index (χ3v) is 7.01. The highest BCUT2D eigenvalue weighted by atomic mass is 16.6. The second kappa shape index (κ2) is 10.7. The first-order valence-electron chi connectivity index (χ1n) is 11.1. The van der Waals surface area contributed by atoms with Crippen LogP contribution in [-0.4, -0.2) is 76.9 Å². The van der Waals surface area contributed by atoms with Crippen LogP contribution < -0.4 is 0 Å². The van der Waals surface area contributed by atoms with Crippen molar-refractivity contribution < 1.29 is 39.1 Å². The molecule has 1 saturated heterocycles. The van der Waals surface area contributed by atoms with Crippen LogP contribution in [0.1, 0.15) is 61.3 Å². The average molecular weight is 447 g/mol. The molecule has 0 amide bonds. The highest BCUT2D eigenvalue weighted by molar-refractivity contribution is 5.83. The van der Waals surface area contributed by atoms with Gasteiger partial charge in [0.1, 0.15) is 17.5 Å². The van der Waals surface area contributed by atoms with Gasteiger partial charge in [-0.05, 0) is 33.6 Å². The van der Waals surface area contributed by atoms with Crippen LogP contribution in [0.4, 0.5) is 0 Å². The number of cyclic esters (lactones) is 1. The Morgan fingerprint density at radius 3 is 2.03 bits per heavy atom. The van der Waals surface area contributed by atoms with E-state index in [-0.39, 0.29) is 18.6 Å². The van der Waals surface area contributed by atoms with Crippen molar-refractivity contribution in [3.63, 3.8) is 0 Å². The number of aliphatic hydroxyl groups excluding tert-OH is 1. The Balaban J connectivity index is 3.53. The lowest BCUT2D eigenvalue weighted by Gasteiger charge is -2.43. The maximum Gasteiger partial charge on any atom is 0.311 e. The maximum atomic E-state index is 13.1. The van der Waals surface area contributed by atoms with Crippen molar-refractivity contribution in [2.24, 2.45) is 23.7 Å². The van der Waals surface area contributed by atoms with Gasteiger partial charge in [-0.2, -0.15) is 0 Å². The summed E-state index contributed by atoms with van der Waals surface area (Å²) in [6, 6.07) is 0. The molecule has 0 aliphatic carbocycles.